The van der Waals surface area contributed by atoms with Crippen molar-refractivity contribution in [3.05, 3.63) is 9.98 Å². The Balaban J connectivity index is 1.82. The molecule has 1 aromatic rings. The summed E-state index contributed by atoms with van der Waals surface area (Å²) in [5, 5.41) is 9.89. The summed E-state index contributed by atoms with van der Waals surface area (Å²) in [5.41, 5.74) is 0. The lowest BCUT2D eigenvalue weighted by Gasteiger charge is -2.28. The second-order valence-corrected chi connectivity index (χ2v) is 5.63. The van der Waals surface area contributed by atoms with Crippen molar-refractivity contribution in [1.29, 1.82) is 0 Å². The zero-order valence-corrected chi connectivity index (χ0v) is 11.2. The van der Waals surface area contributed by atoms with Crippen molar-refractivity contribution >= 4 is 32.4 Å². The molecule has 0 unspecified atom stereocenters. The van der Waals surface area contributed by atoms with Crippen molar-refractivity contribution in [1.82, 2.24) is 10.3 Å². The number of thiazole rings is 1. The van der Waals surface area contributed by atoms with Gasteiger partial charge in [0.15, 0.2) is 5.13 Å². The molecule has 1 fully saturated rings. The quantitative estimate of drug-likeness (QED) is 0.899. The van der Waals surface area contributed by atoms with Crippen LogP contribution in [0.15, 0.2) is 9.98 Å². The monoisotopic (exact) mass is 289 g/mol. The molecule has 1 aliphatic carbocycles. The summed E-state index contributed by atoms with van der Waals surface area (Å²) in [6, 6.07) is 1.32. The number of hydrogen-bond donors (Lipinski definition) is 2. The van der Waals surface area contributed by atoms with Gasteiger partial charge in [-0.15, -0.1) is 11.3 Å². The van der Waals surface area contributed by atoms with Crippen LogP contribution in [0.3, 0.4) is 0 Å². The molecule has 1 aliphatic rings. The normalized spacial score (nSPS) is 26.5. The number of aromatic nitrogens is 1. The average molecular weight is 290 g/mol. The van der Waals surface area contributed by atoms with Crippen LogP contribution >= 0.6 is 27.3 Å². The second kappa shape index (κ2) is 5.27. The van der Waals surface area contributed by atoms with Crippen LogP contribution in [0.25, 0.3) is 0 Å². The zero-order chi connectivity index (χ0) is 10.7. The molecule has 1 saturated carbocycles. The minimum absolute atomic E-state index is 0.604. The predicted octanol–water partition coefficient (Wildman–Crippen LogP) is 2.85. The lowest BCUT2D eigenvalue weighted by atomic mass is 9.91. The Labute approximate surface area is 103 Å². The highest BCUT2D eigenvalue weighted by molar-refractivity contribution is 9.10. The molecule has 0 bridgehead atoms. The zero-order valence-electron chi connectivity index (χ0n) is 8.79. The third-order valence-corrected chi connectivity index (χ3v) is 4.42. The van der Waals surface area contributed by atoms with Gasteiger partial charge in [-0.1, -0.05) is 0 Å². The number of nitrogens with one attached hydrogen (secondary N) is 2. The highest BCUT2D eigenvalue weighted by Crippen LogP contribution is 2.25. The van der Waals surface area contributed by atoms with E-state index in [2.05, 4.69) is 38.6 Å². The molecule has 0 atom stereocenters. The number of anilines is 1. The number of hydrogen-bond acceptors (Lipinski definition) is 4. The van der Waals surface area contributed by atoms with Gasteiger partial charge in [0, 0.05) is 17.5 Å². The van der Waals surface area contributed by atoms with E-state index in [1.54, 1.807) is 11.3 Å². The first kappa shape index (κ1) is 11.4. The molecule has 0 spiro atoms. The molecule has 0 aliphatic heterocycles. The first-order valence-electron chi connectivity index (χ1n) is 5.33. The van der Waals surface area contributed by atoms with E-state index in [1.165, 1.54) is 25.7 Å². The molecule has 1 heterocycles. The van der Waals surface area contributed by atoms with Crippen molar-refractivity contribution in [3.63, 3.8) is 0 Å². The molecule has 2 N–H and O–H groups in total. The SMILES string of the molecule is CNC1CCC(Nc2nc(Br)cs2)CC1. The van der Waals surface area contributed by atoms with Gasteiger partial charge in [-0.25, -0.2) is 4.98 Å². The van der Waals surface area contributed by atoms with Crippen molar-refractivity contribution in [3.8, 4) is 0 Å². The molecule has 0 aromatic carbocycles. The minimum atomic E-state index is 0.604. The molecule has 0 saturated heterocycles. The highest BCUT2D eigenvalue weighted by atomic mass is 79.9. The summed E-state index contributed by atoms with van der Waals surface area (Å²) < 4.78 is 0.930. The molecule has 0 amide bonds. The molecule has 15 heavy (non-hydrogen) atoms. The standard InChI is InChI=1S/C10H16BrN3S/c1-12-7-2-4-8(5-3-7)13-10-14-9(11)6-15-10/h6-8,12H,2-5H2,1H3,(H,13,14). The van der Waals surface area contributed by atoms with Crippen LogP contribution in [-0.2, 0) is 0 Å². The van der Waals surface area contributed by atoms with E-state index in [0.29, 0.717) is 12.1 Å². The number of halogens is 1. The first-order chi connectivity index (χ1) is 7.28. The van der Waals surface area contributed by atoms with Crippen molar-refractivity contribution in [2.45, 2.75) is 37.8 Å². The van der Waals surface area contributed by atoms with E-state index in [0.717, 1.165) is 9.73 Å². The second-order valence-electron chi connectivity index (χ2n) is 3.96. The van der Waals surface area contributed by atoms with Crippen LogP contribution in [-0.4, -0.2) is 24.1 Å². The molecular formula is C10H16BrN3S. The van der Waals surface area contributed by atoms with E-state index < -0.39 is 0 Å². The lowest BCUT2D eigenvalue weighted by molar-refractivity contribution is 0.371. The number of nitrogens with zero attached hydrogens (tertiary/aromatic N) is 1. The van der Waals surface area contributed by atoms with Crippen LogP contribution in [0.5, 0.6) is 0 Å². The van der Waals surface area contributed by atoms with Gasteiger partial charge in [-0.2, -0.15) is 0 Å². The maximum absolute atomic E-state index is 4.35. The Morgan fingerprint density at radius 3 is 2.53 bits per heavy atom. The van der Waals surface area contributed by atoms with E-state index in [1.807, 2.05) is 5.38 Å². The maximum Gasteiger partial charge on any atom is 0.183 e. The molecule has 1 aromatic heterocycles. The van der Waals surface area contributed by atoms with Crippen LogP contribution in [0, 0.1) is 0 Å². The lowest BCUT2D eigenvalue weighted by Crippen LogP contribution is -2.34. The highest BCUT2D eigenvalue weighted by Gasteiger charge is 2.20. The molecule has 2 rings (SSSR count). The van der Waals surface area contributed by atoms with Gasteiger partial charge in [0.25, 0.3) is 0 Å². The Morgan fingerprint density at radius 1 is 1.33 bits per heavy atom. The van der Waals surface area contributed by atoms with Crippen molar-refractivity contribution in [2.24, 2.45) is 0 Å². The Kier molecular flexibility index (Phi) is 3.99. The molecule has 3 nitrogen and oxygen atoms in total. The van der Waals surface area contributed by atoms with Gasteiger partial charge >= 0.3 is 0 Å². The fraction of sp³-hybridized carbons (Fsp3) is 0.700. The first-order valence-corrected chi connectivity index (χ1v) is 7.00. The van der Waals surface area contributed by atoms with Gasteiger partial charge in [-0.05, 0) is 48.7 Å². The number of rotatable bonds is 3. The van der Waals surface area contributed by atoms with Gasteiger partial charge in [0.2, 0.25) is 0 Å². The Bertz CT molecular complexity index is 307. The Morgan fingerprint density at radius 2 is 2.00 bits per heavy atom. The molecular weight excluding hydrogens is 274 g/mol. The fourth-order valence-corrected chi connectivity index (χ4v) is 3.24. The predicted molar refractivity (Wildman–Crippen MR) is 68.5 cm³/mol. The van der Waals surface area contributed by atoms with E-state index in [4.69, 9.17) is 0 Å². The van der Waals surface area contributed by atoms with Gasteiger partial charge in [-0.3, -0.25) is 0 Å². The van der Waals surface area contributed by atoms with Gasteiger partial charge in [0.1, 0.15) is 4.60 Å². The van der Waals surface area contributed by atoms with E-state index in [9.17, 15) is 0 Å². The van der Waals surface area contributed by atoms with Crippen molar-refractivity contribution < 1.29 is 0 Å². The average Bonchev–Trinajstić information content (AvgIpc) is 2.65. The van der Waals surface area contributed by atoms with Crippen LogP contribution in [0.2, 0.25) is 0 Å². The summed E-state index contributed by atoms with van der Waals surface area (Å²) >= 11 is 5.03. The van der Waals surface area contributed by atoms with Crippen LogP contribution < -0.4 is 10.6 Å². The topological polar surface area (TPSA) is 37.0 Å². The molecule has 5 heteroatoms. The maximum atomic E-state index is 4.35. The molecule has 84 valence electrons. The smallest absolute Gasteiger partial charge is 0.183 e. The Hall–Kier alpha value is -0.130. The van der Waals surface area contributed by atoms with Crippen molar-refractivity contribution in [2.75, 3.05) is 12.4 Å². The molecule has 0 radical (unpaired) electrons. The van der Waals surface area contributed by atoms with Crippen LogP contribution in [0.4, 0.5) is 5.13 Å². The summed E-state index contributed by atoms with van der Waals surface area (Å²) in [6.45, 7) is 0. The van der Waals surface area contributed by atoms with E-state index >= 15 is 0 Å². The van der Waals surface area contributed by atoms with Gasteiger partial charge in [0.05, 0.1) is 0 Å². The largest absolute Gasteiger partial charge is 0.359 e. The van der Waals surface area contributed by atoms with Crippen LogP contribution in [0.1, 0.15) is 25.7 Å². The fourth-order valence-electron chi connectivity index (χ4n) is 2.02. The van der Waals surface area contributed by atoms with Gasteiger partial charge < -0.3 is 10.6 Å². The van der Waals surface area contributed by atoms with E-state index in [-0.39, 0.29) is 0 Å². The summed E-state index contributed by atoms with van der Waals surface area (Å²) in [4.78, 5) is 4.35. The summed E-state index contributed by atoms with van der Waals surface area (Å²) in [5.74, 6) is 0. The third kappa shape index (κ3) is 3.16. The third-order valence-electron chi connectivity index (χ3n) is 2.94. The minimum Gasteiger partial charge on any atom is -0.359 e. The summed E-state index contributed by atoms with van der Waals surface area (Å²) in [7, 11) is 2.05. The summed E-state index contributed by atoms with van der Waals surface area (Å²) in [6.07, 6.45) is 5.01.